The van der Waals surface area contributed by atoms with Crippen LogP contribution in [0.25, 0.3) is 0 Å². The van der Waals surface area contributed by atoms with Gasteiger partial charge >= 0.3 is 6.18 Å². The second kappa shape index (κ2) is 6.01. The quantitative estimate of drug-likeness (QED) is 0.861. The zero-order valence-corrected chi connectivity index (χ0v) is 11.4. The van der Waals surface area contributed by atoms with Crippen LogP contribution < -0.4 is 5.32 Å². The molecule has 0 bridgehead atoms. The van der Waals surface area contributed by atoms with Crippen molar-refractivity contribution in [2.24, 2.45) is 5.92 Å². The molecule has 1 N–H and O–H groups in total. The van der Waals surface area contributed by atoms with Crippen molar-refractivity contribution in [1.29, 1.82) is 0 Å². The topological polar surface area (TPSA) is 38.3 Å². The van der Waals surface area contributed by atoms with Gasteiger partial charge < -0.3 is 10.1 Å². The van der Waals surface area contributed by atoms with E-state index in [4.69, 9.17) is 4.74 Å². The van der Waals surface area contributed by atoms with E-state index in [9.17, 15) is 18.0 Å². The average Bonchev–Trinajstić information content (AvgIpc) is 2.75. The van der Waals surface area contributed by atoms with Gasteiger partial charge in [0, 0.05) is 18.3 Å². The predicted molar refractivity (Wildman–Crippen MR) is 67.3 cm³/mol. The molecule has 3 nitrogen and oxygen atoms in total. The molecule has 2 heterocycles. The number of halogens is 3. The molecule has 7 heteroatoms. The number of thioether (sulfide) groups is 1. The number of Topliss-reactive ketones (excluding diaryl/α,β-unsaturated/α-hetero) is 1. The number of alkyl halides is 3. The lowest BCUT2D eigenvalue weighted by Crippen LogP contribution is -2.44. The Morgan fingerprint density at radius 2 is 2.26 bits per heavy atom. The van der Waals surface area contributed by atoms with Gasteiger partial charge in [0.05, 0.1) is 18.7 Å². The van der Waals surface area contributed by atoms with Crippen molar-refractivity contribution in [3.63, 3.8) is 0 Å². The highest BCUT2D eigenvalue weighted by Gasteiger charge is 2.42. The Kier molecular flexibility index (Phi) is 4.79. The van der Waals surface area contributed by atoms with Gasteiger partial charge in [-0.15, -0.1) is 0 Å². The summed E-state index contributed by atoms with van der Waals surface area (Å²) in [6.07, 6.45) is -2.04. The molecule has 0 aromatic carbocycles. The van der Waals surface area contributed by atoms with Gasteiger partial charge in [-0.3, -0.25) is 4.79 Å². The van der Waals surface area contributed by atoms with Gasteiger partial charge in [0.15, 0.2) is 0 Å². The van der Waals surface area contributed by atoms with E-state index < -0.39 is 12.7 Å². The molecule has 2 saturated heterocycles. The molecule has 19 heavy (non-hydrogen) atoms. The number of carbonyl (C=O) groups excluding carboxylic acids is 1. The highest BCUT2D eigenvalue weighted by Crippen LogP contribution is 2.40. The molecular weight excluding hydrogens is 279 g/mol. The molecule has 2 aliphatic heterocycles. The second-order valence-corrected chi connectivity index (χ2v) is 6.31. The number of ether oxygens (including phenoxy) is 1. The highest BCUT2D eigenvalue weighted by atomic mass is 32.2. The summed E-state index contributed by atoms with van der Waals surface area (Å²) < 4.78 is 41.8. The number of hydrogen-bond acceptors (Lipinski definition) is 4. The second-order valence-electron chi connectivity index (χ2n) is 5.21. The number of carbonyl (C=O) groups is 1. The maximum absolute atomic E-state index is 12.0. The normalized spacial score (nSPS) is 31.8. The summed E-state index contributed by atoms with van der Waals surface area (Å²) in [6, 6.07) is 0. The molecule has 2 fully saturated rings. The van der Waals surface area contributed by atoms with Crippen LogP contribution in [0.5, 0.6) is 0 Å². The Labute approximate surface area is 114 Å². The molecule has 0 aromatic rings. The molecule has 0 radical (unpaired) electrons. The first-order chi connectivity index (χ1) is 8.90. The van der Waals surface area contributed by atoms with Gasteiger partial charge in [-0.05, 0) is 25.0 Å². The van der Waals surface area contributed by atoms with Crippen LogP contribution in [0.3, 0.4) is 0 Å². The Balaban J connectivity index is 1.79. The van der Waals surface area contributed by atoms with E-state index in [0.29, 0.717) is 19.4 Å². The lowest BCUT2D eigenvalue weighted by molar-refractivity contribution is -0.136. The zero-order valence-electron chi connectivity index (χ0n) is 10.6. The van der Waals surface area contributed by atoms with Gasteiger partial charge in [-0.1, -0.05) is 0 Å². The molecule has 2 rings (SSSR count). The standard InChI is InChI=1S/C12H18F3NO2S/c13-12(14,15)7-16-6-10(17)9-1-3-18-11(5-9)2-4-19-8-11/h9,16H,1-8H2. The molecule has 2 unspecified atom stereocenters. The van der Waals surface area contributed by atoms with Crippen LogP contribution in [0.2, 0.25) is 0 Å². The van der Waals surface area contributed by atoms with Gasteiger partial charge in [0.1, 0.15) is 5.78 Å². The molecule has 2 aliphatic rings. The summed E-state index contributed by atoms with van der Waals surface area (Å²) in [5.41, 5.74) is -0.201. The number of nitrogens with one attached hydrogen (secondary N) is 1. The molecule has 0 aliphatic carbocycles. The summed E-state index contributed by atoms with van der Waals surface area (Å²) in [6.45, 7) is -0.771. The van der Waals surface area contributed by atoms with E-state index in [1.54, 1.807) is 0 Å². The van der Waals surface area contributed by atoms with Gasteiger partial charge in [-0.25, -0.2) is 0 Å². The van der Waals surface area contributed by atoms with Crippen molar-refractivity contribution in [1.82, 2.24) is 5.32 Å². The summed E-state index contributed by atoms with van der Waals surface area (Å²) >= 11 is 1.81. The van der Waals surface area contributed by atoms with Crippen LogP contribution in [-0.2, 0) is 9.53 Å². The third kappa shape index (κ3) is 4.36. The van der Waals surface area contributed by atoms with Gasteiger partial charge in [0.25, 0.3) is 0 Å². The minimum absolute atomic E-state index is 0.121. The van der Waals surface area contributed by atoms with Crippen molar-refractivity contribution in [3.05, 3.63) is 0 Å². The first-order valence-corrected chi connectivity index (χ1v) is 7.58. The van der Waals surface area contributed by atoms with Crippen LogP contribution in [0.1, 0.15) is 19.3 Å². The fourth-order valence-corrected chi connectivity index (χ4v) is 4.02. The van der Waals surface area contributed by atoms with Crippen molar-refractivity contribution in [2.75, 3.05) is 31.2 Å². The summed E-state index contributed by atoms with van der Waals surface area (Å²) in [5, 5.41) is 2.18. The van der Waals surface area contributed by atoms with Crippen LogP contribution in [0.4, 0.5) is 13.2 Å². The summed E-state index contributed by atoms with van der Waals surface area (Å²) in [5.74, 6) is 1.65. The van der Waals surface area contributed by atoms with Crippen LogP contribution in [0.15, 0.2) is 0 Å². The van der Waals surface area contributed by atoms with Crippen LogP contribution in [-0.4, -0.2) is 48.8 Å². The maximum Gasteiger partial charge on any atom is 0.401 e. The number of hydrogen-bond donors (Lipinski definition) is 1. The molecule has 0 saturated carbocycles. The van der Waals surface area contributed by atoms with Gasteiger partial charge in [-0.2, -0.15) is 24.9 Å². The third-order valence-electron chi connectivity index (χ3n) is 3.64. The minimum Gasteiger partial charge on any atom is -0.374 e. The Hall–Kier alpha value is -0.270. The van der Waals surface area contributed by atoms with E-state index in [0.717, 1.165) is 17.9 Å². The molecule has 110 valence electrons. The van der Waals surface area contributed by atoms with Crippen LogP contribution in [0, 0.1) is 5.92 Å². The van der Waals surface area contributed by atoms with Crippen molar-refractivity contribution >= 4 is 17.5 Å². The summed E-state index contributed by atoms with van der Waals surface area (Å²) in [7, 11) is 0. The maximum atomic E-state index is 12.0. The molecular formula is C12H18F3NO2S. The van der Waals surface area contributed by atoms with Gasteiger partial charge in [0.2, 0.25) is 0 Å². The minimum atomic E-state index is -4.26. The first kappa shape index (κ1) is 15.1. The smallest absolute Gasteiger partial charge is 0.374 e. The SMILES string of the molecule is O=C(CNCC(F)(F)F)C1CCOC2(CCSC2)C1. The molecule has 0 amide bonds. The molecule has 2 atom stereocenters. The number of ketones is 1. The lowest BCUT2D eigenvalue weighted by Gasteiger charge is -2.37. The highest BCUT2D eigenvalue weighted by molar-refractivity contribution is 7.99. The molecule has 0 aromatic heterocycles. The Morgan fingerprint density at radius 3 is 2.89 bits per heavy atom. The summed E-state index contributed by atoms with van der Waals surface area (Å²) in [4.78, 5) is 11.9. The molecule has 1 spiro atoms. The monoisotopic (exact) mass is 297 g/mol. The van der Waals surface area contributed by atoms with E-state index >= 15 is 0 Å². The van der Waals surface area contributed by atoms with E-state index in [1.807, 2.05) is 11.8 Å². The lowest BCUT2D eigenvalue weighted by atomic mass is 9.83. The average molecular weight is 297 g/mol. The Morgan fingerprint density at radius 1 is 1.47 bits per heavy atom. The van der Waals surface area contributed by atoms with Crippen molar-refractivity contribution in [3.8, 4) is 0 Å². The Bertz CT molecular complexity index is 329. The van der Waals surface area contributed by atoms with E-state index in [-0.39, 0.29) is 23.8 Å². The fourth-order valence-electron chi connectivity index (χ4n) is 2.64. The van der Waals surface area contributed by atoms with Crippen molar-refractivity contribution in [2.45, 2.75) is 31.0 Å². The van der Waals surface area contributed by atoms with E-state index in [2.05, 4.69) is 5.32 Å². The third-order valence-corrected chi connectivity index (χ3v) is 4.86. The van der Waals surface area contributed by atoms with Crippen LogP contribution >= 0.6 is 11.8 Å². The van der Waals surface area contributed by atoms with E-state index in [1.165, 1.54) is 0 Å². The first-order valence-electron chi connectivity index (χ1n) is 6.42. The zero-order chi connectivity index (χ0) is 13.9. The largest absolute Gasteiger partial charge is 0.401 e. The predicted octanol–water partition coefficient (Wildman–Crippen LogP) is 2.01. The number of rotatable bonds is 4. The van der Waals surface area contributed by atoms with Crippen molar-refractivity contribution < 1.29 is 22.7 Å². The fraction of sp³-hybridized carbons (Fsp3) is 0.917.